The topological polar surface area (TPSA) is 64.6 Å². The molecule has 148 valence electrons. The van der Waals surface area contributed by atoms with E-state index >= 15 is 0 Å². The molecule has 0 saturated heterocycles. The maximum absolute atomic E-state index is 12.5. The normalized spacial score (nSPS) is 12.1. The molecule has 0 aliphatic heterocycles. The summed E-state index contributed by atoms with van der Waals surface area (Å²) < 4.78 is 10.3. The monoisotopic (exact) mass is 381 g/mol. The molecule has 0 aromatic heterocycles. The number of esters is 1. The zero-order chi connectivity index (χ0) is 20.7. The van der Waals surface area contributed by atoms with Crippen LogP contribution in [0, 0.1) is 6.92 Å². The first-order chi connectivity index (χ1) is 13.3. The largest absolute Gasteiger partial charge is 0.497 e. The molecule has 0 bridgehead atoms. The predicted molar refractivity (Wildman–Crippen MR) is 111 cm³/mol. The second-order valence-electron chi connectivity index (χ2n) is 6.87. The summed E-state index contributed by atoms with van der Waals surface area (Å²) in [7, 11) is 1.59. The standard InChI is InChI=1S/C23H27NO4/c1-15(2)20-8-6-7-16(3)22(20)24-23(26)17(4)28-21(25)14-11-18-9-12-19(27-5)13-10-18/h6-15,17H,1-5H3,(H,24,26)/b14-11+/t17-/m0/s1. The SMILES string of the molecule is COc1ccc(/C=C/C(=O)O[C@@H](C)C(=O)Nc2c(C)cccc2C(C)C)cc1. The number of benzene rings is 2. The van der Waals surface area contributed by atoms with Gasteiger partial charge in [-0.15, -0.1) is 0 Å². The lowest BCUT2D eigenvalue weighted by molar-refractivity contribution is -0.148. The van der Waals surface area contributed by atoms with E-state index in [0.29, 0.717) is 0 Å². The van der Waals surface area contributed by atoms with Crippen LogP contribution in [0.1, 0.15) is 43.4 Å². The van der Waals surface area contributed by atoms with E-state index in [9.17, 15) is 9.59 Å². The molecular weight excluding hydrogens is 354 g/mol. The van der Waals surface area contributed by atoms with Crippen molar-refractivity contribution in [3.05, 3.63) is 65.2 Å². The molecule has 1 N–H and O–H groups in total. The van der Waals surface area contributed by atoms with Crippen molar-refractivity contribution in [2.75, 3.05) is 12.4 Å². The molecular formula is C23H27NO4. The van der Waals surface area contributed by atoms with Crippen LogP contribution in [-0.2, 0) is 14.3 Å². The lowest BCUT2D eigenvalue weighted by Crippen LogP contribution is -2.30. The van der Waals surface area contributed by atoms with Gasteiger partial charge in [-0.05, 0) is 54.7 Å². The van der Waals surface area contributed by atoms with Crippen LogP contribution in [0.25, 0.3) is 6.08 Å². The zero-order valence-electron chi connectivity index (χ0n) is 17.0. The van der Waals surface area contributed by atoms with Gasteiger partial charge in [0.2, 0.25) is 0 Å². The van der Waals surface area contributed by atoms with E-state index < -0.39 is 12.1 Å². The van der Waals surface area contributed by atoms with Gasteiger partial charge in [0, 0.05) is 11.8 Å². The number of ether oxygens (including phenoxy) is 2. The average Bonchev–Trinajstić information content (AvgIpc) is 2.67. The van der Waals surface area contributed by atoms with E-state index in [1.165, 1.54) is 6.08 Å². The zero-order valence-corrected chi connectivity index (χ0v) is 17.0. The molecule has 5 nitrogen and oxygen atoms in total. The maximum Gasteiger partial charge on any atom is 0.331 e. The first kappa shape index (κ1) is 21.2. The molecule has 1 atom stereocenters. The third-order valence-corrected chi connectivity index (χ3v) is 4.37. The molecule has 2 aromatic rings. The Hall–Kier alpha value is -3.08. The van der Waals surface area contributed by atoms with Gasteiger partial charge in [0.15, 0.2) is 6.10 Å². The molecule has 0 unspecified atom stereocenters. The summed E-state index contributed by atoms with van der Waals surface area (Å²) in [5, 5.41) is 2.90. The van der Waals surface area contributed by atoms with Gasteiger partial charge in [-0.2, -0.15) is 0 Å². The number of hydrogen-bond acceptors (Lipinski definition) is 4. The quantitative estimate of drug-likeness (QED) is 0.557. The average molecular weight is 381 g/mol. The minimum atomic E-state index is -0.910. The van der Waals surface area contributed by atoms with Crippen LogP contribution in [0.15, 0.2) is 48.5 Å². The van der Waals surface area contributed by atoms with Crippen LogP contribution in [0.5, 0.6) is 5.75 Å². The summed E-state index contributed by atoms with van der Waals surface area (Å²) in [4.78, 5) is 24.5. The Morgan fingerprint density at radius 3 is 2.32 bits per heavy atom. The number of methoxy groups -OCH3 is 1. The van der Waals surface area contributed by atoms with Crippen molar-refractivity contribution >= 4 is 23.6 Å². The Morgan fingerprint density at radius 1 is 1.04 bits per heavy atom. The number of amides is 1. The highest BCUT2D eigenvalue weighted by Gasteiger charge is 2.19. The summed E-state index contributed by atoms with van der Waals surface area (Å²) >= 11 is 0. The van der Waals surface area contributed by atoms with E-state index in [1.54, 1.807) is 32.2 Å². The van der Waals surface area contributed by atoms with Gasteiger partial charge in [-0.25, -0.2) is 4.79 Å². The van der Waals surface area contributed by atoms with Gasteiger partial charge in [0.25, 0.3) is 5.91 Å². The first-order valence-corrected chi connectivity index (χ1v) is 9.25. The van der Waals surface area contributed by atoms with E-state index in [4.69, 9.17) is 9.47 Å². The summed E-state index contributed by atoms with van der Waals surface area (Å²) in [6.07, 6.45) is 2.02. The van der Waals surface area contributed by atoms with Gasteiger partial charge < -0.3 is 14.8 Å². The number of anilines is 1. The third kappa shape index (κ3) is 5.71. The van der Waals surface area contributed by atoms with Crippen LogP contribution in [0.2, 0.25) is 0 Å². The highest BCUT2D eigenvalue weighted by molar-refractivity contribution is 5.97. The van der Waals surface area contributed by atoms with Crippen molar-refractivity contribution in [2.24, 2.45) is 0 Å². The lowest BCUT2D eigenvalue weighted by atomic mass is 9.98. The van der Waals surface area contributed by atoms with E-state index in [1.807, 2.05) is 37.3 Å². The van der Waals surface area contributed by atoms with Gasteiger partial charge in [-0.1, -0.05) is 44.2 Å². The molecule has 0 fully saturated rings. The molecule has 0 radical (unpaired) electrons. The highest BCUT2D eigenvalue weighted by Crippen LogP contribution is 2.27. The Balaban J connectivity index is 1.98. The molecule has 2 aromatic carbocycles. The molecule has 0 saturated carbocycles. The van der Waals surface area contributed by atoms with Gasteiger partial charge in [0.05, 0.1) is 7.11 Å². The summed E-state index contributed by atoms with van der Waals surface area (Å²) in [6.45, 7) is 7.63. The van der Waals surface area contributed by atoms with E-state index in [0.717, 1.165) is 28.1 Å². The van der Waals surface area contributed by atoms with Crippen LogP contribution in [0.3, 0.4) is 0 Å². The minimum Gasteiger partial charge on any atom is -0.497 e. The van der Waals surface area contributed by atoms with Crippen LogP contribution in [-0.4, -0.2) is 25.1 Å². The van der Waals surface area contributed by atoms with Gasteiger partial charge >= 0.3 is 5.97 Å². The van der Waals surface area contributed by atoms with Crippen LogP contribution < -0.4 is 10.1 Å². The number of aryl methyl sites for hydroxylation is 1. The maximum atomic E-state index is 12.5. The Morgan fingerprint density at radius 2 is 1.71 bits per heavy atom. The van der Waals surface area contributed by atoms with Crippen LogP contribution in [0.4, 0.5) is 5.69 Å². The second kappa shape index (κ2) is 9.74. The number of carbonyl (C=O) groups excluding carboxylic acids is 2. The summed E-state index contributed by atoms with van der Waals surface area (Å²) in [5.41, 5.74) is 3.62. The smallest absolute Gasteiger partial charge is 0.331 e. The number of rotatable bonds is 7. The molecule has 5 heteroatoms. The molecule has 28 heavy (non-hydrogen) atoms. The van der Waals surface area contributed by atoms with Crippen molar-refractivity contribution < 1.29 is 19.1 Å². The van der Waals surface area contributed by atoms with E-state index in [2.05, 4.69) is 19.2 Å². The predicted octanol–water partition coefficient (Wildman–Crippen LogP) is 4.71. The highest BCUT2D eigenvalue weighted by atomic mass is 16.5. The number of carbonyl (C=O) groups is 2. The summed E-state index contributed by atoms with van der Waals surface area (Å²) in [6, 6.07) is 13.1. The van der Waals surface area contributed by atoms with Crippen LogP contribution >= 0.6 is 0 Å². The van der Waals surface area contributed by atoms with Crippen molar-refractivity contribution in [1.29, 1.82) is 0 Å². The third-order valence-electron chi connectivity index (χ3n) is 4.37. The van der Waals surface area contributed by atoms with Crippen molar-refractivity contribution in [3.63, 3.8) is 0 Å². The summed E-state index contributed by atoms with van der Waals surface area (Å²) in [5.74, 6) is 0.0669. The van der Waals surface area contributed by atoms with E-state index in [-0.39, 0.29) is 11.8 Å². The first-order valence-electron chi connectivity index (χ1n) is 9.25. The lowest BCUT2D eigenvalue weighted by Gasteiger charge is -2.18. The molecule has 0 aliphatic rings. The number of hydrogen-bond donors (Lipinski definition) is 1. The van der Waals surface area contributed by atoms with Crippen molar-refractivity contribution in [3.8, 4) is 5.75 Å². The molecule has 2 rings (SSSR count). The minimum absolute atomic E-state index is 0.264. The molecule has 0 aliphatic carbocycles. The Bertz CT molecular complexity index is 853. The Labute approximate surface area is 166 Å². The fourth-order valence-corrected chi connectivity index (χ4v) is 2.71. The van der Waals surface area contributed by atoms with Crippen molar-refractivity contribution in [2.45, 2.75) is 39.7 Å². The van der Waals surface area contributed by atoms with Gasteiger partial charge in [-0.3, -0.25) is 4.79 Å². The fourth-order valence-electron chi connectivity index (χ4n) is 2.71. The van der Waals surface area contributed by atoms with Crippen molar-refractivity contribution in [1.82, 2.24) is 0 Å². The molecule has 0 heterocycles. The second-order valence-corrected chi connectivity index (χ2v) is 6.87. The Kier molecular flexibility index (Phi) is 7.38. The molecule has 0 spiro atoms. The number of nitrogens with one attached hydrogen (secondary N) is 1. The molecule has 1 amide bonds. The van der Waals surface area contributed by atoms with Gasteiger partial charge in [0.1, 0.15) is 5.75 Å². The fraction of sp³-hybridized carbons (Fsp3) is 0.304. The number of para-hydroxylation sites is 1.